The van der Waals surface area contributed by atoms with Gasteiger partial charge in [0.05, 0.1) is 6.20 Å². The first kappa shape index (κ1) is 12.0. The predicted molar refractivity (Wildman–Crippen MR) is 71.0 cm³/mol. The number of nitrogens with zero attached hydrogens (tertiary/aromatic N) is 2. The van der Waals surface area contributed by atoms with Gasteiger partial charge in [-0.3, -0.25) is 4.68 Å². The van der Waals surface area contributed by atoms with Crippen molar-refractivity contribution in [2.75, 3.05) is 6.79 Å². The van der Waals surface area contributed by atoms with Crippen LogP contribution in [-0.4, -0.2) is 16.6 Å². The second-order valence-corrected chi connectivity index (χ2v) is 4.70. The van der Waals surface area contributed by atoms with Gasteiger partial charge < -0.3 is 14.8 Å². The van der Waals surface area contributed by atoms with Crippen LogP contribution in [-0.2, 0) is 13.6 Å². The van der Waals surface area contributed by atoms with Gasteiger partial charge in [0, 0.05) is 37.0 Å². The van der Waals surface area contributed by atoms with E-state index in [-0.39, 0.29) is 6.04 Å². The molecule has 100 valence electrons. The van der Waals surface area contributed by atoms with Crippen LogP contribution in [0.4, 0.5) is 0 Å². The molecule has 5 nitrogen and oxygen atoms in total. The number of para-hydroxylation sites is 1. The number of aryl methyl sites for hydroxylation is 1. The van der Waals surface area contributed by atoms with Crippen molar-refractivity contribution in [3.05, 3.63) is 41.7 Å². The molecule has 3 rings (SSSR count). The maximum Gasteiger partial charge on any atom is 0.231 e. The van der Waals surface area contributed by atoms with Crippen LogP contribution >= 0.6 is 0 Å². The summed E-state index contributed by atoms with van der Waals surface area (Å²) in [6.07, 6.45) is 3.90. The number of rotatable bonds is 4. The molecule has 0 aliphatic carbocycles. The summed E-state index contributed by atoms with van der Waals surface area (Å²) < 4.78 is 12.7. The summed E-state index contributed by atoms with van der Waals surface area (Å²) in [7, 11) is 1.92. The molecule has 0 saturated heterocycles. The van der Waals surface area contributed by atoms with Crippen molar-refractivity contribution in [1.82, 2.24) is 15.1 Å². The molecule has 0 saturated carbocycles. The number of hydrogen-bond acceptors (Lipinski definition) is 4. The summed E-state index contributed by atoms with van der Waals surface area (Å²) in [6.45, 7) is 3.17. The number of benzene rings is 1. The highest BCUT2D eigenvalue weighted by atomic mass is 16.7. The Morgan fingerprint density at radius 1 is 1.42 bits per heavy atom. The van der Waals surface area contributed by atoms with Crippen LogP contribution < -0.4 is 14.8 Å². The van der Waals surface area contributed by atoms with Crippen LogP contribution in [0, 0.1) is 0 Å². The standard InChI is InChI=1S/C14H17N3O2/c1-10(12-7-16-17(2)8-12)15-6-11-4-3-5-13-14(11)19-9-18-13/h3-5,7-8,10,15H,6,9H2,1-2H3. The van der Waals surface area contributed by atoms with E-state index in [0.717, 1.165) is 23.6 Å². The summed E-state index contributed by atoms with van der Waals surface area (Å²) in [4.78, 5) is 0. The van der Waals surface area contributed by atoms with Crippen molar-refractivity contribution >= 4 is 0 Å². The molecule has 1 aliphatic heterocycles. The van der Waals surface area contributed by atoms with Crippen molar-refractivity contribution in [3.63, 3.8) is 0 Å². The Bertz CT molecular complexity index is 580. The molecule has 0 fully saturated rings. The SMILES string of the molecule is CC(NCc1cccc2c1OCO2)c1cnn(C)c1. The lowest BCUT2D eigenvalue weighted by Gasteiger charge is -2.13. The van der Waals surface area contributed by atoms with Crippen LogP contribution in [0.3, 0.4) is 0 Å². The van der Waals surface area contributed by atoms with E-state index in [2.05, 4.69) is 23.4 Å². The normalized spacial score (nSPS) is 14.6. The van der Waals surface area contributed by atoms with Gasteiger partial charge in [-0.05, 0) is 13.0 Å². The first-order valence-corrected chi connectivity index (χ1v) is 6.33. The van der Waals surface area contributed by atoms with Gasteiger partial charge in [0.25, 0.3) is 0 Å². The van der Waals surface area contributed by atoms with E-state index < -0.39 is 0 Å². The van der Waals surface area contributed by atoms with E-state index >= 15 is 0 Å². The fourth-order valence-electron chi connectivity index (χ4n) is 2.17. The largest absolute Gasteiger partial charge is 0.454 e. The van der Waals surface area contributed by atoms with Crippen molar-refractivity contribution < 1.29 is 9.47 Å². The average molecular weight is 259 g/mol. The number of fused-ring (bicyclic) bond motifs is 1. The molecule has 5 heteroatoms. The fraction of sp³-hybridized carbons (Fsp3) is 0.357. The Kier molecular flexibility index (Phi) is 3.13. The molecule has 19 heavy (non-hydrogen) atoms. The number of hydrogen-bond donors (Lipinski definition) is 1. The Morgan fingerprint density at radius 3 is 3.11 bits per heavy atom. The zero-order valence-corrected chi connectivity index (χ0v) is 11.1. The van der Waals surface area contributed by atoms with Crippen LogP contribution in [0.5, 0.6) is 11.5 Å². The van der Waals surface area contributed by atoms with Crippen molar-refractivity contribution in [3.8, 4) is 11.5 Å². The summed E-state index contributed by atoms with van der Waals surface area (Å²) >= 11 is 0. The quantitative estimate of drug-likeness (QED) is 0.912. The minimum atomic E-state index is 0.242. The predicted octanol–water partition coefficient (Wildman–Crippen LogP) is 2.00. The molecule has 0 radical (unpaired) electrons. The van der Waals surface area contributed by atoms with Gasteiger partial charge in [-0.2, -0.15) is 5.10 Å². The molecule has 1 aromatic heterocycles. The Balaban J connectivity index is 1.68. The molecule has 1 atom stereocenters. The lowest BCUT2D eigenvalue weighted by molar-refractivity contribution is 0.173. The topological polar surface area (TPSA) is 48.3 Å². The van der Waals surface area contributed by atoms with E-state index in [4.69, 9.17) is 9.47 Å². The highest BCUT2D eigenvalue weighted by Crippen LogP contribution is 2.35. The minimum absolute atomic E-state index is 0.242. The van der Waals surface area contributed by atoms with E-state index in [9.17, 15) is 0 Å². The Morgan fingerprint density at radius 2 is 2.32 bits per heavy atom. The Hall–Kier alpha value is -2.01. The van der Waals surface area contributed by atoms with Crippen LogP contribution in [0.1, 0.15) is 24.1 Å². The first-order valence-electron chi connectivity index (χ1n) is 6.33. The molecule has 0 amide bonds. The fourth-order valence-corrected chi connectivity index (χ4v) is 2.17. The third kappa shape index (κ3) is 2.42. The molecule has 1 aromatic carbocycles. The van der Waals surface area contributed by atoms with Crippen molar-refractivity contribution in [1.29, 1.82) is 0 Å². The van der Waals surface area contributed by atoms with Crippen molar-refractivity contribution in [2.24, 2.45) is 7.05 Å². The van der Waals surface area contributed by atoms with E-state index in [0.29, 0.717) is 6.79 Å². The second-order valence-electron chi connectivity index (χ2n) is 4.70. The first-order chi connectivity index (χ1) is 9.24. The summed E-state index contributed by atoms with van der Waals surface area (Å²) in [6, 6.07) is 6.21. The highest BCUT2D eigenvalue weighted by Gasteiger charge is 2.17. The van der Waals surface area contributed by atoms with E-state index in [1.165, 1.54) is 5.56 Å². The van der Waals surface area contributed by atoms with Gasteiger partial charge in [-0.15, -0.1) is 0 Å². The third-order valence-corrected chi connectivity index (χ3v) is 3.30. The summed E-state index contributed by atoms with van der Waals surface area (Å²) in [5, 5.41) is 7.65. The van der Waals surface area contributed by atoms with E-state index in [1.807, 2.05) is 36.3 Å². The van der Waals surface area contributed by atoms with Gasteiger partial charge >= 0.3 is 0 Å². The molecule has 2 heterocycles. The highest BCUT2D eigenvalue weighted by molar-refractivity contribution is 5.48. The van der Waals surface area contributed by atoms with Crippen molar-refractivity contribution in [2.45, 2.75) is 19.5 Å². The monoisotopic (exact) mass is 259 g/mol. The molecule has 1 unspecified atom stereocenters. The lowest BCUT2D eigenvalue weighted by atomic mass is 10.1. The maximum atomic E-state index is 5.49. The number of aromatic nitrogens is 2. The zero-order valence-electron chi connectivity index (χ0n) is 11.1. The third-order valence-electron chi connectivity index (χ3n) is 3.30. The van der Waals surface area contributed by atoms with Crippen LogP contribution in [0.15, 0.2) is 30.6 Å². The summed E-state index contributed by atoms with van der Waals surface area (Å²) in [5.74, 6) is 1.68. The smallest absolute Gasteiger partial charge is 0.231 e. The molecule has 1 N–H and O–H groups in total. The molecular formula is C14H17N3O2. The molecular weight excluding hydrogens is 242 g/mol. The Labute approximate surface area is 112 Å². The average Bonchev–Trinajstić information content (AvgIpc) is 3.04. The molecule has 1 aliphatic rings. The summed E-state index contributed by atoms with van der Waals surface area (Å²) in [5.41, 5.74) is 2.29. The maximum absolute atomic E-state index is 5.49. The van der Waals surface area contributed by atoms with Gasteiger partial charge in [0.15, 0.2) is 11.5 Å². The van der Waals surface area contributed by atoms with Gasteiger partial charge in [-0.25, -0.2) is 0 Å². The van der Waals surface area contributed by atoms with E-state index in [1.54, 1.807) is 0 Å². The number of ether oxygens (including phenoxy) is 2. The minimum Gasteiger partial charge on any atom is -0.454 e. The van der Waals surface area contributed by atoms with Gasteiger partial charge in [0.1, 0.15) is 0 Å². The molecule has 2 aromatic rings. The zero-order chi connectivity index (χ0) is 13.2. The number of nitrogens with one attached hydrogen (secondary N) is 1. The van der Waals surface area contributed by atoms with Crippen LogP contribution in [0.2, 0.25) is 0 Å². The van der Waals surface area contributed by atoms with Gasteiger partial charge in [-0.1, -0.05) is 12.1 Å². The lowest BCUT2D eigenvalue weighted by Crippen LogP contribution is -2.18. The van der Waals surface area contributed by atoms with Crippen LogP contribution in [0.25, 0.3) is 0 Å². The molecule has 0 bridgehead atoms. The second kappa shape index (κ2) is 4.93. The van der Waals surface area contributed by atoms with Gasteiger partial charge in [0.2, 0.25) is 6.79 Å². The molecule has 0 spiro atoms.